The molecule has 1 fully saturated rings. The number of anilines is 1. The molecule has 1 amide bonds. The van der Waals surface area contributed by atoms with Crippen LogP contribution in [0, 0.1) is 6.92 Å². The summed E-state index contributed by atoms with van der Waals surface area (Å²) >= 11 is 6.28. The molecule has 2 unspecified atom stereocenters. The van der Waals surface area contributed by atoms with Crippen molar-refractivity contribution in [3.05, 3.63) is 64.2 Å². The Kier molecular flexibility index (Phi) is 6.33. The zero-order valence-corrected chi connectivity index (χ0v) is 15.8. The summed E-state index contributed by atoms with van der Waals surface area (Å²) in [5.41, 5.74) is 8.91. The highest BCUT2D eigenvalue weighted by Crippen LogP contribution is 2.31. The quantitative estimate of drug-likeness (QED) is 0.791. The van der Waals surface area contributed by atoms with Gasteiger partial charge in [0.25, 0.3) is 5.91 Å². The zero-order valence-electron chi connectivity index (χ0n) is 14.2. The van der Waals surface area contributed by atoms with E-state index in [2.05, 4.69) is 0 Å². The molecule has 0 spiro atoms. The SMILES string of the molecule is Cc1ccc(N)cc1C(=O)N1CC(c2ccccc2Cl)OCC1C.Cl. The fourth-order valence-corrected chi connectivity index (χ4v) is 3.25. The van der Waals surface area contributed by atoms with Gasteiger partial charge >= 0.3 is 0 Å². The lowest BCUT2D eigenvalue weighted by Gasteiger charge is -2.38. The minimum Gasteiger partial charge on any atom is -0.399 e. The Labute approximate surface area is 159 Å². The molecular weight excluding hydrogens is 359 g/mol. The lowest BCUT2D eigenvalue weighted by Crippen LogP contribution is -2.48. The van der Waals surface area contributed by atoms with Crippen LogP contribution in [-0.2, 0) is 4.74 Å². The second kappa shape index (κ2) is 8.09. The molecule has 0 aromatic heterocycles. The van der Waals surface area contributed by atoms with Gasteiger partial charge in [-0.25, -0.2) is 0 Å². The summed E-state index contributed by atoms with van der Waals surface area (Å²) in [6.07, 6.45) is -0.222. The van der Waals surface area contributed by atoms with Gasteiger partial charge in [-0.2, -0.15) is 0 Å². The number of amides is 1. The second-order valence-electron chi connectivity index (χ2n) is 6.22. The van der Waals surface area contributed by atoms with Crippen LogP contribution in [0.3, 0.4) is 0 Å². The van der Waals surface area contributed by atoms with E-state index in [1.807, 2.05) is 49.1 Å². The lowest BCUT2D eigenvalue weighted by molar-refractivity contribution is -0.0486. The van der Waals surface area contributed by atoms with E-state index >= 15 is 0 Å². The average molecular weight is 381 g/mol. The van der Waals surface area contributed by atoms with Crippen molar-refractivity contribution >= 4 is 35.6 Å². The van der Waals surface area contributed by atoms with Crippen molar-refractivity contribution in [3.8, 4) is 0 Å². The first kappa shape index (κ1) is 19.6. The summed E-state index contributed by atoms with van der Waals surface area (Å²) in [6.45, 7) is 4.85. The maximum Gasteiger partial charge on any atom is 0.254 e. The number of hydrogen-bond donors (Lipinski definition) is 1. The number of morpholine rings is 1. The number of benzene rings is 2. The summed E-state index contributed by atoms with van der Waals surface area (Å²) in [5.74, 6) is -0.0207. The minimum absolute atomic E-state index is 0. The number of nitrogen functional groups attached to an aromatic ring is 1. The Morgan fingerprint density at radius 2 is 2.00 bits per heavy atom. The molecule has 0 saturated carbocycles. The molecule has 2 atom stereocenters. The fourth-order valence-electron chi connectivity index (χ4n) is 2.99. The van der Waals surface area contributed by atoms with Gasteiger partial charge in [-0.15, -0.1) is 12.4 Å². The van der Waals surface area contributed by atoms with E-state index in [1.165, 1.54) is 0 Å². The third-order valence-electron chi connectivity index (χ3n) is 4.44. The summed E-state index contributed by atoms with van der Waals surface area (Å²) in [6, 6.07) is 13.0. The molecule has 0 radical (unpaired) electrons. The Morgan fingerprint density at radius 3 is 2.72 bits per heavy atom. The normalized spacial score (nSPS) is 20.0. The molecule has 4 nitrogen and oxygen atoms in total. The third-order valence-corrected chi connectivity index (χ3v) is 4.78. The van der Waals surface area contributed by atoms with Crippen molar-refractivity contribution in [3.63, 3.8) is 0 Å². The largest absolute Gasteiger partial charge is 0.399 e. The smallest absolute Gasteiger partial charge is 0.254 e. The van der Waals surface area contributed by atoms with Gasteiger partial charge in [0.15, 0.2) is 0 Å². The molecule has 1 aliphatic heterocycles. The molecule has 0 bridgehead atoms. The average Bonchev–Trinajstić information content (AvgIpc) is 2.57. The second-order valence-corrected chi connectivity index (χ2v) is 6.63. The zero-order chi connectivity index (χ0) is 17.3. The number of nitrogens with zero attached hydrogens (tertiary/aromatic N) is 1. The number of carbonyl (C=O) groups is 1. The first-order valence-corrected chi connectivity index (χ1v) is 8.38. The number of aryl methyl sites for hydroxylation is 1. The number of nitrogens with two attached hydrogens (primary N) is 1. The fraction of sp³-hybridized carbons (Fsp3) is 0.316. The van der Waals surface area contributed by atoms with E-state index in [0.29, 0.717) is 29.4 Å². The van der Waals surface area contributed by atoms with Crippen molar-refractivity contribution in [1.82, 2.24) is 4.90 Å². The Morgan fingerprint density at radius 1 is 1.28 bits per heavy atom. The Bertz CT molecular complexity index is 767. The summed E-state index contributed by atoms with van der Waals surface area (Å²) in [4.78, 5) is 14.9. The van der Waals surface area contributed by atoms with Gasteiger partial charge in [-0.3, -0.25) is 4.79 Å². The predicted octanol–water partition coefficient (Wildman–Crippen LogP) is 4.25. The van der Waals surface area contributed by atoms with Crippen LogP contribution in [0.1, 0.15) is 34.5 Å². The first-order valence-electron chi connectivity index (χ1n) is 8.00. The van der Waals surface area contributed by atoms with Gasteiger partial charge in [-0.1, -0.05) is 35.9 Å². The summed E-state index contributed by atoms with van der Waals surface area (Å²) < 4.78 is 5.92. The summed E-state index contributed by atoms with van der Waals surface area (Å²) in [7, 11) is 0. The highest BCUT2D eigenvalue weighted by Gasteiger charge is 2.32. The Balaban J connectivity index is 0.00000225. The van der Waals surface area contributed by atoms with Gasteiger partial charge in [-0.05, 0) is 37.6 Å². The van der Waals surface area contributed by atoms with Crippen LogP contribution in [0.15, 0.2) is 42.5 Å². The summed E-state index contributed by atoms with van der Waals surface area (Å²) in [5, 5.41) is 0.657. The van der Waals surface area contributed by atoms with Gasteiger partial charge in [0.05, 0.1) is 19.2 Å². The molecule has 6 heteroatoms. The van der Waals surface area contributed by atoms with Gasteiger partial charge < -0.3 is 15.4 Å². The third kappa shape index (κ3) is 4.09. The lowest BCUT2D eigenvalue weighted by atomic mass is 10.0. The van der Waals surface area contributed by atoms with Crippen LogP contribution in [0.5, 0.6) is 0 Å². The number of hydrogen-bond acceptors (Lipinski definition) is 3. The van der Waals surface area contributed by atoms with Crippen LogP contribution in [0.25, 0.3) is 0 Å². The molecule has 1 aliphatic rings. The first-order chi connectivity index (χ1) is 11.5. The monoisotopic (exact) mass is 380 g/mol. The molecule has 2 aromatic carbocycles. The molecule has 0 aliphatic carbocycles. The van der Waals surface area contributed by atoms with Gasteiger partial charge in [0.1, 0.15) is 6.10 Å². The number of halogens is 2. The van der Waals surface area contributed by atoms with Crippen LogP contribution < -0.4 is 5.73 Å². The molecular formula is C19H22Cl2N2O2. The topological polar surface area (TPSA) is 55.6 Å². The highest BCUT2D eigenvalue weighted by atomic mass is 35.5. The van der Waals surface area contributed by atoms with Crippen LogP contribution in [0.2, 0.25) is 5.02 Å². The van der Waals surface area contributed by atoms with E-state index in [4.69, 9.17) is 22.1 Å². The predicted molar refractivity (Wildman–Crippen MR) is 103 cm³/mol. The molecule has 134 valence electrons. The van der Waals surface area contributed by atoms with Crippen LogP contribution in [-0.4, -0.2) is 30.0 Å². The van der Waals surface area contributed by atoms with E-state index < -0.39 is 0 Å². The molecule has 2 N–H and O–H groups in total. The van der Waals surface area contributed by atoms with E-state index in [-0.39, 0.29) is 30.5 Å². The molecule has 1 saturated heterocycles. The molecule has 25 heavy (non-hydrogen) atoms. The van der Waals surface area contributed by atoms with Gasteiger partial charge in [0, 0.05) is 21.8 Å². The van der Waals surface area contributed by atoms with E-state index in [1.54, 1.807) is 12.1 Å². The Hall–Kier alpha value is -1.75. The molecule has 1 heterocycles. The standard InChI is InChI=1S/C19H21ClN2O2.ClH/c1-12-7-8-14(21)9-16(12)19(23)22-10-18(24-11-13(22)2)15-5-3-4-6-17(15)20;/h3-9,13,18H,10-11,21H2,1-2H3;1H. The van der Waals surface area contributed by atoms with Crippen LogP contribution in [0.4, 0.5) is 5.69 Å². The van der Waals surface area contributed by atoms with Crippen LogP contribution >= 0.6 is 24.0 Å². The minimum atomic E-state index is -0.222. The van der Waals surface area contributed by atoms with Crippen molar-refractivity contribution in [1.29, 1.82) is 0 Å². The van der Waals surface area contributed by atoms with E-state index in [0.717, 1.165) is 11.1 Å². The molecule has 2 aromatic rings. The number of carbonyl (C=O) groups excluding carboxylic acids is 1. The van der Waals surface area contributed by atoms with Crippen molar-refractivity contribution < 1.29 is 9.53 Å². The maximum absolute atomic E-state index is 13.0. The van der Waals surface area contributed by atoms with Crippen molar-refractivity contribution in [2.75, 3.05) is 18.9 Å². The number of ether oxygens (including phenoxy) is 1. The van der Waals surface area contributed by atoms with Crippen molar-refractivity contribution in [2.24, 2.45) is 0 Å². The maximum atomic E-state index is 13.0. The molecule has 3 rings (SSSR count). The van der Waals surface area contributed by atoms with Gasteiger partial charge in [0.2, 0.25) is 0 Å². The highest BCUT2D eigenvalue weighted by molar-refractivity contribution is 6.31. The van der Waals surface area contributed by atoms with E-state index in [9.17, 15) is 4.79 Å². The number of rotatable bonds is 2. The van der Waals surface area contributed by atoms with Crippen molar-refractivity contribution in [2.45, 2.75) is 26.0 Å².